The average Bonchev–Trinajstić information content (AvgIpc) is 2.38. The SMILES string of the molecule is Cc1c(O)cccc1NC(=O)c1cc(Cl)ccc1O. The van der Waals surface area contributed by atoms with Crippen molar-refractivity contribution in [3.8, 4) is 11.5 Å². The van der Waals surface area contributed by atoms with Crippen LogP contribution in [0.5, 0.6) is 11.5 Å². The van der Waals surface area contributed by atoms with E-state index in [-0.39, 0.29) is 17.1 Å². The van der Waals surface area contributed by atoms with Crippen LogP contribution in [-0.2, 0) is 0 Å². The lowest BCUT2D eigenvalue weighted by Gasteiger charge is -2.10. The molecule has 0 radical (unpaired) electrons. The van der Waals surface area contributed by atoms with Crippen LogP contribution >= 0.6 is 11.6 Å². The second-order valence-corrected chi connectivity index (χ2v) is 4.50. The number of nitrogens with one attached hydrogen (secondary N) is 1. The molecule has 4 nitrogen and oxygen atoms in total. The standard InChI is InChI=1S/C14H12ClNO3/c1-8-11(3-2-4-12(8)17)16-14(19)10-7-9(15)5-6-13(10)18/h2-7,17-18H,1H3,(H,16,19). The molecule has 5 heteroatoms. The minimum absolute atomic E-state index is 0.0789. The summed E-state index contributed by atoms with van der Waals surface area (Å²) in [6.45, 7) is 1.68. The van der Waals surface area contributed by atoms with Crippen LogP contribution in [-0.4, -0.2) is 16.1 Å². The molecular weight excluding hydrogens is 266 g/mol. The molecule has 0 aliphatic carbocycles. The highest BCUT2D eigenvalue weighted by atomic mass is 35.5. The van der Waals surface area contributed by atoms with Gasteiger partial charge in [-0.2, -0.15) is 0 Å². The summed E-state index contributed by atoms with van der Waals surface area (Å²) >= 11 is 5.79. The summed E-state index contributed by atoms with van der Waals surface area (Å²) in [5.41, 5.74) is 1.11. The third-order valence-electron chi connectivity index (χ3n) is 2.76. The number of amides is 1. The number of halogens is 1. The monoisotopic (exact) mass is 277 g/mol. The van der Waals surface area contributed by atoms with Crippen molar-refractivity contribution < 1.29 is 15.0 Å². The van der Waals surface area contributed by atoms with E-state index in [1.165, 1.54) is 24.3 Å². The van der Waals surface area contributed by atoms with Crippen LogP contribution in [0.2, 0.25) is 5.02 Å². The molecule has 2 rings (SSSR count). The van der Waals surface area contributed by atoms with Gasteiger partial charge in [-0.05, 0) is 37.3 Å². The van der Waals surface area contributed by atoms with E-state index in [4.69, 9.17) is 11.6 Å². The minimum Gasteiger partial charge on any atom is -0.508 e. The number of phenols is 2. The lowest BCUT2D eigenvalue weighted by atomic mass is 10.1. The highest BCUT2D eigenvalue weighted by Gasteiger charge is 2.13. The van der Waals surface area contributed by atoms with E-state index in [1.807, 2.05) is 0 Å². The first kappa shape index (κ1) is 13.2. The van der Waals surface area contributed by atoms with E-state index in [2.05, 4.69) is 5.32 Å². The van der Waals surface area contributed by atoms with Gasteiger partial charge in [-0.3, -0.25) is 4.79 Å². The number of hydrogen-bond acceptors (Lipinski definition) is 3. The number of carbonyl (C=O) groups is 1. The fraction of sp³-hybridized carbons (Fsp3) is 0.0714. The highest BCUT2D eigenvalue weighted by Crippen LogP contribution is 2.26. The van der Waals surface area contributed by atoms with Crippen molar-refractivity contribution in [2.75, 3.05) is 5.32 Å². The van der Waals surface area contributed by atoms with Gasteiger partial charge in [0.2, 0.25) is 0 Å². The highest BCUT2D eigenvalue weighted by molar-refractivity contribution is 6.31. The second kappa shape index (κ2) is 5.20. The first-order chi connectivity index (χ1) is 8.99. The lowest BCUT2D eigenvalue weighted by Crippen LogP contribution is -2.13. The number of anilines is 1. The van der Waals surface area contributed by atoms with E-state index in [1.54, 1.807) is 19.1 Å². The van der Waals surface area contributed by atoms with Gasteiger partial charge in [0.25, 0.3) is 5.91 Å². The first-order valence-corrected chi connectivity index (χ1v) is 5.95. The number of rotatable bonds is 2. The Morgan fingerprint density at radius 1 is 1.16 bits per heavy atom. The van der Waals surface area contributed by atoms with E-state index in [9.17, 15) is 15.0 Å². The largest absolute Gasteiger partial charge is 0.508 e. The van der Waals surface area contributed by atoms with Crippen LogP contribution in [0, 0.1) is 6.92 Å². The molecular formula is C14H12ClNO3. The van der Waals surface area contributed by atoms with Gasteiger partial charge in [0.05, 0.1) is 5.56 Å². The van der Waals surface area contributed by atoms with Crippen LogP contribution in [0.4, 0.5) is 5.69 Å². The summed E-state index contributed by atoms with van der Waals surface area (Å²) < 4.78 is 0. The molecule has 0 unspecified atom stereocenters. The fourth-order valence-electron chi connectivity index (χ4n) is 1.64. The maximum atomic E-state index is 12.0. The van der Waals surface area contributed by atoms with Gasteiger partial charge >= 0.3 is 0 Å². The molecule has 98 valence electrons. The summed E-state index contributed by atoms with van der Waals surface area (Å²) in [6, 6.07) is 9.04. The van der Waals surface area contributed by atoms with Gasteiger partial charge in [-0.1, -0.05) is 17.7 Å². The Hall–Kier alpha value is -2.20. The molecule has 0 aliphatic heterocycles. The van der Waals surface area contributed by atoms with Gasteiger partial charge in [-0.25, -0.2) is 0 Å². The molecule has 0 bridgehead atoms. The molecule has 19 heavy (non-hydrogen) atoms. The van der Waals surface area contributed by atoms with Crippen molar-refractivity contribution in [1.82, 2.24) is 0 Å². The van der Waals surface area contributed by atoms with Crippen molar-refractivity contribution in [3.63, 3.8) is 0 Å². The number of phenolic OH excluding ortho intramolecular Hbond substituents is 2. The second-order valence-electron chi connectivity index (χ2n) is 4.07. The smallest absolute Gasteiger partial charge is 0.259 e. The average molecular weight is 278 g/mol. The van der Waals surface area contributed by atoms with Crippen LogP contribution in [0.1, 0.15) is 15.9 Å². The Kier molecular flexibility index (Phi) is 3.62. The normalized spacial score (nSPS) is 10.2. The van der Waals surface area contributed by atoms with Crippen LogP contribution in [0.15, 0.2) is 36.4 Å². The van der Waals surface area contributed by atoms with E-state index in [0.717, 1.165) is 0 Å². The third-order valence-corrected chi connectivity index (χ3v) is 2.99. The zero-order valence-electron chi connectivity index (χ0n) is 10.1. The number of hydrogen-bond donors (Lipinski definition) is 3. The molecule has 0 aromatic heterocycles. The van der Waals surface area contributed by atoms with Crippen molar-refractivity contribution in [3.05, 3.63) is 52.5 Å². The van der Waals surface area contributed by atoms with Crippen molar-refractivity contribution in [2.45, 2.75) is 6.92 Å². The molecule has 0 aliphatic rings. The van der Waals surface area contributed by atoms with Gasteiger partial charge in [-0.15, -0.1) is 0 Å². The topological polar surface area (TPSA) is 69.6 Å². The molecule has 1 amide bonds. The van der Waals surface area contributed by atoms with Gasteiger partial charge in [0, 0.05) is 16.3 Å². The number of benzene rings is 2. The number of carbonyl (C=O) groups excluding carboxylic acids is 1. The van der Waals surface area contributed by atoms with Crippen molar-refractivity contribution in [2.24, 2.45) is 0 Å². The predicted octanol–water partition coefficient (Wildman–Crippen LogP) is 3.31. The van der Waals surface area contributed by atoms with Crippen LogP contribution in [0.3, 0.4) is 0 Å². The first-order valence-electron chi connectivity index (χ1n) is 5.57. The molecule has 2 aromatic rings. The Bertz CT molecular complexity index is 641. The molecule has 3 N–H and O–H groups in total. The summed E-state index contributed by atoms with van der Waals surface area (Å²) in [7, 11) is 0. The summed E-state index contributed by atoms with van der Waals surface area (Å²) in [5, 5.41) is 22.2. The van der Waals surface area contributed by atoms with E-state index in [0.29, 0.717) is 16.3 Å². The summed E-state index contributed by atoms with van der Waals surface area (Å²) in [6.07, 6.45) is 0. The predicted molar refractivity (Wildman–Crippen MR) is 73.9 cm³/mol. The van der Waals surface area contributed by atoms with Crippen molar-refractivity contribution in [1.29, 1.82) is 0 Å². The Balaban J connectivity index is 2.31. The Morgan fingerprint density at radius 3 is 2.63 bits per heavy atom. The summed E-state index contributed by atoms with van der Waals surface area (Å²) in [4.78, 5) is 12.0. The molecule has 0 heterocycles. The molecule has 0 saturated heterocycles. The quantitative estimate of drug-likeness (QED) is 0.789. The van der Waals surface area contributed by atoms with Crippen LogP contribution in [0.25, 0.3) is 0 Å². The lowest BCUT2D eigenvalue weighted by molar-refractivity contribution is 0.102. The molecule has 0 atom stereocenters. The molecule has 2 aromatic carbocycles. The van der Waals surface area contributed by atoms with E-state index >= 15 is 0 Å². The third kappa shape index (κ3) is 2.80. The molecule has 0 saturated carbocycles. The fourth-order valence-corrected chi connectivity index (χ4v) is 1.81. The minimum atomic E-state index is -0.492. The Morgan fingerprint density at radius 2 is 1.89 bits per heavy atom. The zero-order valence-corrected chi connectivity index (χ0v) is 10.9. The maximum absolute atomic E-state index is 12.0. The van der Waals surface area contributed by atoms with Crippen LogP contribution < -0.4 is 5.32 Å². The molecule has 0 spiro atoms. The van der Waals surface area contributed by atoms with Gasteiger partial charge in [0.15, 0.2) is 0 Å². The van der Waals surface area contributed by atoms with Gasteiger partial charge < -0.3 is 15.5 Å². The van der Waals surface area contributed by atoms with E-state index < -0.39 is 5.91 Å². The molecule has 0 fully saturated rings. The van der Waals surface area contributed by atoms with Gasteiger partial charge in [0.1, 0.15) is 11.5 Å². The maximum Gasteiger partial charge on any atom is 0.259 e. The zero-order chi connectivity index (χ0) is 14.0. The summed E-state index contributed by atoms with van der Waals surface area (Å²) in [5.74, 6) is -0.554. The van der Waals surface area contributed by atoms with Crippen molar-refractivity contribution >= 4 is 23.2 Å². The Labute approximate surface area is 115 Å². The number of aromatic hydroxyl groups is 2.